The van der Waals surface area contributed by atoms with Crippen LogP contribution in [0.25, 0.3) is 11.4 Å². The highest BCUT2D eigenvalue weighted by molar-refractivity contribution is 7.99. The lowest BCUT2D eigenvalue weighted by Crippen LogP contribution is -2.09. The van der Waals surface area contributed by atoms with Crippen molar-refractivity contribution >= 4 is 17.7 Å². The molecule has 0 aliphatic heterocycles. The molecule has 0 amide bonds. The number of hydrogen-bond acceptors (Lipinski definition) is 6. The van der Waals surface area contributed by atoms with Crippen LogP contribution in [-0.4, -0.2) is 40.2 Å². The number of ether oxygens (including phenoxy) is 2. The van der Waals surface area contributed by atoms with Crippen molar-refractivity contribution in [1.82, 2.24) is 14.8 Å². The fraction of sp³-hybridized carbons (Fsp3) is 0.286. The first-order chi connectivity index (χ1) is 13.6. The Morgan fingerprint density at radius 1 is 1.07 bits per heavy atom. The zero-order valence-electron chi connectivity index (χ0n) is 16.2. The topological polar surface area (TPSA) is 66.2 Å². The molecule has 0 atom stereocenters. The molecular formula is C21H23N3O3S. The number of esters is 1. The summed E-state index contributed by atoms with van der Waals surface area (Å²) in [4.78, 5) is 12.0. The number of thioether (sulfide) groups is 1. The number of aromatic nitrogens is 3. The first kappa shape index (κ1) is 19.9. The molecule has 0 fully saturated rings. The van der Waals surface area contributed by atoms with E-state index in [0.717, 1.165) is 22.3 Å². The van der Waals surface area contributed by atoms with E-state index < -0.39 is 0 Å². The predicted octanol–water partition coefficient (Wildman–Crippen LogP) is 4.48. The van der Waals surface area contributed by atoms with Gasteiger partial charge in [-0.1, -0.05) is 30.0 Å². The maximum atomic E-state index is 12.0. The molecule has 6 nitrogen and oxygen atoms in total. The minimum Gasteiger partial charge on any atom is -0.497 e. The number of methoxy groups -OCH3 is 1. The van der Waals surface area contributed by atoms with Gasteiger partial charge >= 0.3 is 5.97 Å². The Morgan fingerprint density at radius 2 is 1.79 bits per heavy atom. The van der Waals surface area contributed by atoms with Gasteiger partial charge in [0, 0.05) is 17.4 Å². The summed E-state index contributed by atoms with van der Waals surface area (Å²) in [5, 5.41) is 9.51. The Hall–Kier alpha value is -2.80. The monoisotopic (exact) mass is 397 g/mol. The average molecular weight is 398 g/mol. The Morgan fingerprint density at radius 3 is 2.43 bits per heavy atom. The standard InChI is InChI=1S/C21H23N3O3S/c1-15(2)24-19(16-9-11-18(26-3)12-10-16)22-23-21(24)28-14-13-27-20(25)17-7-5-4-6-8-17/h4-12,15H,13-14H2,1-3H3. The molecule has 3 rings (SSSR count). The van der Waals surface area contributed by atoms with Crippen molar-refractivity contribution in [3.8, 4) is 17.1 Å². The zero-order chi connectivity index (χ0) is 19.9. The summed E-state index contributed by atoms with van der Waals surface area (Å²) in [6.45, 7) is 4.49. The van der Waals surface area contributed by atoms with Gasteiger partial charge < -0.3 is 9.47 Å². The third-order valence-corrected chi connectivity index (χ3v) is 4.99. The van der Waals surface area contributed by atoms with Gasteiger partial charge in [0.05, 0.1) is 12.7 Å². The number of rotatable bonds is 8. The first-order valence-corrected chi connectivity index (χ1v) is 10.0. The third kappa shape index (κ3) is 4.72. The molecule has 2 aromatic carbocycles. The van der Waals surface area contributed by atoms with E-state index in [2.05, 4.69) is 28.6 Å². The summed E-state index contributed by atoms with van der Waals surface area (Å²) in [7, 11) is 1.64. The molecule has 28 heavy (non-hydrogen) atoms. The predicted molar refractivity (Wildman–Crippen MR) is 110 cm³/mol. The third-order valence-electron chi connectivity index (χ3n) is 4.09. The fourth-order valence-electron chi connectivity index (χ4n) is 2.70. The van der Waals surface area contributed by atoms with E-state index in [1.165, 1.54) is 11.8 Å². The van der Waals surface area contributed by atoms with Gasteiger partial charge in [-0.3, -0.25) is 4.57 Å². The van der Waals surface area contributed by atoms with E-state index in [0.29, 0.717) is 17.9 Å². The van der Waals surface area contributed by atoms with Crippen molar-refractivity contribution in [2.45, 2.75) is 25.0 Å². The minimum absolute atomic E-state index is 0.196. The fourth-order valence-corrected chi connectivity index (χ4v) is 3.59. The molecule has 0 saturated carbocycles. The SMILES string of the molecule is COc1ccc(-c2nnc(SCCOC(=O)c3ccccc3)n2C(C)C)cc1. The van der Waals surface area contributed by atoms with Crippen molar-refractivity contribution < 1.29 is 14.3 Å². The van der Waals surface area contributed by atoms with Crippen molar-refractivity contribution in [3.05, 3.63) is 60.2 Å². The highest BCUT2D eigenvalue weighted by Crippen LogP contribution is 2.28. The van der Waals surface area contributed by atoms with Crippen molar-refractivity contribution in [1.29, 1.82) is 0 Å². The van der Waals surface area contributed by atoms with Crippen LogP contribution in [0.15, 0.2) is 59.8 Å². The normalized spacial score (nSPS) is 10.9. The maximum absolute atomic E-state index is 12.0. The van der Waals surface area contributed by atoms with Gasteiger partial charge in [0.1, 0.15) is 12.4 Å². The Labute approximate surface area is 168 Å². The summed E-state index contributed by atoms with van der Waals surface area (Å²) in [6, 6.07) is 16.9. The molecule has 1 aromatic heterocycles. The smallest absolute Gasteiger partial charge is 0.338 e. The summed E-state index contributed by atoms with van der Waals surface area (Å²) in [5.41, 5.74) is 1.53. The van der Waals surface area contributed by atoms with E-state index in [9.17, 15) is 4.79 Å². The lowest BCUT2D eigenvalue weighted by molar-refractivity contribution is 0.0530. The second-order valence-corrected chi connectivity index (χ2v) is 7.41. The van der Waals surface area contributed by atoms with Crippen LogP contribution in [0.4, 0.5) is 0 Å². The summed E-state index contributed by atoms with van der Waals surface area (Å²) >= 11 is 1.52. The van der Waals surface area contributed by atoms with E-state index in [1.54, 1.807) is 19.2 Å². The van der Waals surface area contributed by atoms with E-state index >= 15 is 0 Å². The molecule has 0 spiro atoms. The molecule has 0 N–H and O–H groups in total. The highest BCUT2D eigenvalue weighted by atomic mass is 32.2. The van der Waals surface area contributed by atoms with Gasteiger partial charge in [0.15, 0.2) is 11.0 Å². The first-order valence-electron chi connectivity index (χ1n) is 9.04. The molecule has 3 aromatic rings. The highest BCUT2D eigenvalue weighted by Gasteiger charge is 2.17. The molecule has 0 radical (unpaired) electrons. The summed E-state index contributed by atoms with van der Waals surface area (Å²) in [6.07, 6.45) is 0. The Kier molecular flexibility index (Phi) is 6.71. The van der Waals surface area contributed by atoms with Crippen molar-refractivity contribution in [3.63, 3.8) is 0 Å². The van der Waals surface area contributed by atoms with Crippen LogP contribution in [0, 0.1) is 0 Å². The second kappa shape index (κ2) is 9.41. The van der Waals surface area contributed by atoms with Crippen LogP contribution in [0.5, 0.6) is 5.75 Å². The Balaban J connectivity index is 1.64. The van der Waals surface area contributed by atoms with Crippen LogP contribution < -0.4 is 4.74 Å². The average Bonchev–Trinajstić information content (AvgIpc) is 3.16. The van der Waals surface area contributed by atoms with Gasteiger partial charge in [-0.25, -0.2) is 4.79 Å². The number of carbonyl (C=O) groups excluding carboxylic acids is 1. The Bertz CT molecular complexity index is 908. The molecule has 7 heteroatoms. The molecule has 146 valence electrons. The second-order valence-electron chi connectivity index (χ2n) is 6.35. The molecule has 0 unspecified atom stereocenters. The lowest BCUT2D eigenvalue weighted by atomic mass is 10.2. The number of hydrogen-bond donors (Lipinski definition) is 0. The quantitative estimate of drug-likeness (QED) is 0.317. The zero-order valence-corrected chi connectivity index (χ0v) is 17.0. The van der Waals surface area contributed by atoms with Crippen LogP contribution in [-0.2, 0) is 4.74 Å². The molecule has 0 aliphatic carbocycles. The lowest BCUT2D eigenvalue weighted by Gasteiger charge is -2.14. The van der Waals surface area contributed by atoms with Crippen LogP contribution >= 0.6 is 11.8 Å². The van der Waals surface area contributed by atoms with Gasteiger partial charge in [0.2, 0.25) is 0 Å². The van der Waals surface area contributed by atoms with Crippen molar-refractivity contribution in [2.24, 2.45) is 0 Å². The van der Waals surface area contributed by atoms with Gasteiger partial charge in [-0.2, -0.15) is 0 Å². The van der Waals surface area contributed by atoms with E-state index in [4.69, 9.17) is 9.47 Å². The van der Waals surface area contributed by atoms with Crippen LogP contribution in [0.2, 0.25) is 0 Å². The van der Waals surface area contributed by atoms with E-state index in [-0.39, 0.29) is 12.0 Å². The molecule has 0 aliphatic rings. The summed E-state index contributed by atoms with van der Waals surface area (Å²) < 4.78 is 12.6. The number of carbonyl (C=O) groups is 1. The van der Waals surface area contributed by atoms with Crippen LogP contribution in [0.1, 0.15) is 30.2 Å². The molecule has 0 bridgehead atoms. The van der Waals surface area contributed by atoms with Gasteiger partial charge in [-0.05, 0) is 50.2 Å². The minimum atomic E-state index is -0.314. The molecule has 1 heterocycles. The largest absolute Gasteiger partial charge is 0.497 e. The van der Waals surface area contributed by atoms with Gasteiger partial charge in [-0.15, -0.1) is 10.2 Å². The van der Waals surface area contributed by atoms with Gasteiger partial charge in [0.25, 0.3) is 0 Å². The molecule has 0 saturated heterocycles. The van der Waals surface area contributed by atoms with E-state index in [1.807, 2.05) is 42.5 Å². The number of benzene rings is 2. The number of nitrogens with zero attached hydrogens (tertiary/aromatic N) is 3. The molecular weight excluding hydrogens is 374 g/mol. The maximum Gasteiger partial charge on any atom is 0.338 e. The van der Waals surface area contributed by atoms with Crippen LogP contribution in [0.3, 0.4) is 0 Å². The van der Waals surface area contributed by atoms with Crippen molar-refractivity contribution in [2.75, 3.05) is 19.5 Å². The summed E-state index contributed by atoms with van der Waals surface area (Å²) in [5.74, 6) is 1.90.